The van der Waals surface area contributed by atoms with Crippen LogP contribution in [0.15, 0.2) is 24.3 Å². The van der Waals surface area contributed by atoms with Gasteiger partial charge in [0.05, 0.1) is 13.0 Å². The van der Waals surface area contributed by atoms with E-state index in [9.17, 15) is 9.59 Å². The van der Waals surface area contributed by atoms with Crippen molar-refractivity contribution in [3.05, 3.63) is 29.8 Å². The van der Waals surface area contributed by atoms with E-state index in [1.165, 1.54) is 32.1 Å². The maximum atomic E-state index is 12.1. The van der Waals surface area contributed by atoms with E-state index >= 15 is 0 Å². The summed E-state index contributed by atoms with van der Waals surface area (Å²) in [6.07, 6.45) is 7.09. The van der Waals surface area contributed by atoms with Crippen LogP contribution in [0.25, 0.3) is 0 Å². The molecule has 0 bridgehead atoms. The summed E-state index contributed by atoms with van der Waals surface area (Å²) in [5, 5.41) is 5.75. The van der Waals surface area contributed by atoms with Gasteiger partial charge in [-0.15, -0.1) is 0 Å². The van der Waals surface area contributed by atoms with Gasteiger partial charge in [-0.2, -0.15) is 0 Å². The minimum Gasteiger partial charge on any atom is -0.383 e. The molecule has 1 aliphatic carbocycles. The van der Waals surface area contributed by atoms with Crippen LogP contribution in [-0.2, 0) is 20.7 Å². The van der Waals surface area contributed by atoms with E-state index in [0.29, 0.717) is 31.9 Å². The Balaban J connectivity index is 1.74. The van der Waals surface area contributed by atoms with Crippen molar-refractivity contribution in [2.24, 2.45) is 5.92 Å². The molecule has 0 heterocycles. The van der Waals surface area contributed by atoms with E-state index in [2.05, 4.69) is 10.6 Å². The first kappa shape index (κ1) is 18.5. The Morgan fingerprint density at radius 1 is 1.08 bits per heavy atom. The van der Waals surface area contributed by atoms with Crippen LogP contribution in [0.2, 0.25) is 0 Å². The smallest absolute Gasteiger partial charge is 0.224 e. The van der Waals surface area contributed by atoms with Crippen LogP contribution in [0.1, 0.15) is 44.1 Å². The quantitative estimate of drug-likeness (QED) is 0.719. The van der Waals surface area contributed by atoms with Gasteiger partial charge in [0.25, 0.3) is 0 Å². The fourth-order valence-electron chi connectivity index (χ4n) is 3.11. The third-order valence-electron chi connectivity index (χ3n) is 4.43. The molecule has 2 amide bonds. The zero-order valence-corrected chi connectivity index (χ0v) is 14.5. The summed E-state index contributed by atoms with van der Waals surface area (Å²) >= 11 is 0. The van der Waals surface area contributed by atoms with Crippen molar-refractivity contribution in [1.82, 2.24) is 5.32 Å². The zero-order chi connectivity index (χ0) is 17.2. The predicted octanol–water partition coefficient (Wildman–Crippen LogP) is 2.90. The third kappa shape index (κ3) is 6.71. The number of hydrogen-bond acceptors (Lipinski definition) is 3. The number of nitrogens with one attached hydrogen (secondary N) is 2. The van der Waals surface area contributed by atoms with E-state index in [0.717, 1.165) is 11.3 Å². The maximum Gasteiger partial charge on any atom is 0.224 e. The number of ether oxygens (including phenoxy) is 1. The standard InChI is InChI=1S/C19H28N2O3/c1-24-12-11-20-18(22)13-16-7-9-17(10-8-16)21-19(23)14-15-5-3-2-4-6-15/h7-10,15H,2-6,11-14H2,1H3,(H,20,22)(H,21,23). The molecule has 0 saturated heterocycles. The fraction of sp³-hybridized carbons (Fsp3) is 0.579. The Kier molecular flexibility index (Phi) is 7.75. The number of anilines is 1. The summed E-state index contributed by atoms with van der Waals surface area (Å²) in [6, 6.07) is 7.48. The number of hydrogen-bond donors (Lipinski definition) is 2. The van der Waals surface area contributed by atoms with Crippen LogP contribution >= 0.6 is 0 Å². The highest BCUT2D eigenvalue weighted by Gasteiger charge is 2.17. The Hall–Kier alpha value is -1.88. The summed E-state index contributed by atoms with van der Waals surface area (Å²) in [5.41, 5.74) is 1.72. The van der Waals surface area contributed by atoms with Crippen LogP contribution in [0, 0.1) is 5.92 Å². The number of amides is 2. The van der Waals surface area contributed by atoms with Crippen molar-refractivity contribution in [1.29, 1.82) is 0 Å². The van der Waals surface area contributed by atoms with Gasteiger partial charge in [0.15, 0.2) is 0 Å². The van der Waals surface area contributed by atoms with Crippen LogP contribution in [-0.4, -0.2) is 32.1 Å². The van der Waals surface area contributed by atoms with Crippen LogP contribution in [0.4, 0.5) is 5.69 Å². The lowest BCUT2D eigenvalue weighted by Crippen LogP contribution is -2.28. The summed E-state index contributed by atoms with van der Waals surface area (Å²) in [7, 11) is 1.60. The number of methoxy groups -OCH3 is 1. The van der Waals surface area contributed by atoms with Gasteiger partial charge < -0.3 is 15.4 Å². The average Bonchev–Trinajstić information content (AvgIpc) is 2.58. The minimum absolute atomic E-state index is 0.0267. The van der Waals surface area contributed by atoms with Gasteiger partial charge in [-0.1, -0.05) is 31.4 Å². The minimum atomic E-state index is -0.0267. The third-order valence-corrected chi connectivity index (χ3v) is 4.43. The first-order chi connectivity index (χ1) is 11.7. The van der Waals surface area contributed by atoms with Gasteiger partial charge in [-0.25, -0.2) is 0 Å². The highest BCUT2D eigenvalue weighted by atomic mass is 16.5. The van der Waals surface area contributed by atoms with Crippen molar-refractivity contribution in [2.45, 2.75) is 44.9 Å². The van der Waals surface area contributed by atoms with Crippen LogP contribution < -0.4 is 10.6 Å². The average molecular weight is 332 g/mol. The molecule has 0 spiro atoms. The lowest BCUT2D eigenvalue weighted by Gasteiger charge is -2.20. The number of rotatable bonds is 8. The van der Waals surface area contributed by atoms with Crippen LogP contribution in [0.3, 0.4) is 0 Å². The van der Waals surface area contributed by atoms with Gasteiger partial charge in [0.1, 0.15) is 0 Å². The molecule has 1 fully saturated rings. The Bertz CT molecular complexity index is 522. The molecule has 2 rings (SSSR count). The summed E-state index contributed by atoms with van der Waals surface area (Å²) in [4.78, 5) is 23.8. The molecule has 0 aromatic heterocycles. The second kappa shape index (κ2) is 10.1. The number of carbonyl (C=O) groups excluding carboxylic acids is 2. The van der Waals surface area contributed by atoms with Gasteiger partial charge >= 0.3 is 0 Å². The van der Waals surface area contributed by atoms with E-state index in [1.54, 1.807) is 7.11 Å². The van der Waals surface area contributed by atoms with Crippen molar-refractivity contribution in [3.8, 4) is 0 Å². The lowest BCUT2D eigenvalue weighted by atomic mass is 9.87. The molecule has 5 nitrogen and oxygen atoms in total. The highest BCUT2D eigenvalue weighted by Crippen LogP contribution is 2.26. The van der Waals surface area contributed by atoms with E-state index in [4.69, 9.17) is 4.74 Å². The largest absolute Gasteiger partial charge is 0.383 e. The zero-order valence-electron chi connectivity index (χ0n) is 14.5. The molecular weight excluding hydrogens is 304 g/mol. The molecule has 0 radical (unpaired) electrons. The number of benzene rings is 1. The van der Waals surface area contributed by atoms with Crippen molar-refractivity contribution >= 4 is 17.5 Å². The molecule has 5 heteroatoms. The molecule has 1 aromatic rings. The van der Waals surface area contributed by atoms with Gasteiger partial charge in [0.2, 0.25) is 11.8 Å². The lowest BCUT2D eigenvalue weighted by molar-refractivity contribution is -0.120. The number of carbonyl (C=O) groups is 2. The SMILES string of the molecule is COCCNC(=O)Cc1ccc(NC(=O)CC2CCCCC2)cc1. The first-order valence-electron chi connectivity index (χ1n) is 8.82. The first-order valence-corrected chi connectivity index (χ1v) is 8.82. The molecule has 0 unspecified atom stereocenters. The monoisotopic (exact) mass is 332 g/mol. The second-order valence-electron chi connectivity index (χ2n) is 6.47. The fourth-order valence-corrected chi connectivity index (χ4v) is 3.11. The molecule has 132 valence electrons. The van der Waals surface area contributed by atoms with Crippen molar-refractivity contribution in [2.75, 3.05) is 25.6 Å². The topological polar surface area (TPSA) is 67.4 Å². The van der Waals surface area contributed by atoms with Crippen molar-refractivity contribution in [3.63, 3.8) is 0 Å². The van der Waals surface area contributed by atoms with Gasteiger partial charge in [-0.3, -0.25) is 9.59 Å². The Morgan fingerprint density at radius 2 is 1.79 bits per heavy atom. The predicted molar refractivity (Wildman–Crippen MR) is 94.9 cm³/mol. The molecule has 1 aromatic carbocycles. The Morgan fingerprint density at radius 3 is 2.46 bits per heavy atom. The second-order valence-corrected chi connectivity index (χ2v) is 6.47. The van der Waals surface area contributed by atoms with Crippen molar-refractivity contribution < 1.29 is 14.3 Å². The molecule has 1 saturated carbocycles. The molecule has 24 heavy (non-hydrogen) atoms. The molecule has 2 N–H and O–H groups in total. The van der Waals surface area contributed by atoms with Gasteiger partial charge in [0, 0.05) is 25.8 Å². The molecule has 1 aliphatic rings. The van der Waals surface area contributed by atoms with Crippen LogP contribution in [0.5, 0.6) is 0 Å². The maximum absolute atomic E-state index is 12.1. The van der Waals surface area contributed by atoms with E-state index < -0.39 is 0 Å². The summed E-state index contributed by atoms with van der Waals surface area (Å²) in [5.74, 6) is 0.599. The summed E-state index contributed by atoms with van der Waals surface area (Å²) < 4.78 is 4.89. The normalized spacial score (nSPS) is 15.0. The van der Waals surface area contributed by atoms with E-state index in [-0.39, 0.29) is 11.8 Å². The molecular formula is C19H28N2O3. The molecule has 0 atom stereocenters. The van der Waals surface area contributed by atoms with E-state index in [1.807, 2.05) is 24.3 Å². The molecule has 0 aliphatic heterocycles. The van der Waals surface area contributed by atoms with Gasteiger partial charge in [-0.05, 0) is 36.5 Å². The summed E-state index contributed by atoms with van der Waals surface area (Å²) in [6.45, 7) is 1.03. The highest BCUT2D eigenvalue weighted by molar-refractivity contribution is 5.90. The Labute approximate surface area is 144 Å².